The highest BCUT2D eigenvalue weighted by Crippen LogP contribution is 2.39. The summed E-state index contributed by atoms with van der Waals surface area (Å²) in [7, 11) is -0.402. The second-order valence-corrected chi connectivity index (χ2v) is 9.57. The van der Waals surface area contributed by atoms with E-state index in [9.17, 15) is 4.79 Å². The molecular formula is C21H34BN3O4. The number of carbonyl (C=O) groups is 1. The second kappa shape index (κ2) is 7.80. The number of carbonyl (C=O) groups excluding carboxylic acids is 1. The van der Waals surface area contributed by atoms with E-state index in [1.807, 2.05) is 39.1 Å². The Morgan fingerprint density at radius 1 is 1.17 bits per heavy atom. The van der Waals surface area contributed by atoms with E-state index in [0.717, 1.165) is 30.8 Å². The van der Waals surface area contributed by atoms with Gasteiger partial charge in [-0.3, -0.25) is 0 Å². The van der Waals surface area contributed by atoms with Crippen LogP contribution >= 0.6 is 0 Å². The van der Waals surface area contributed by atoms with E-state index < -0.39 is 12.7 Å². The quantitative estimate of drug-likeness (QED) is 0.724. The smallest absolute Gasteiger partial charge is 0.444 e. The summed E-state index contributed by atoms with van der Waals surface area (Å²) in [5, 5.41) is 0. The maximum absolute atomic E-state index is 12.2. The normalized spacial score (nSPS) is 24.7. The summed E-state index contributed by atoms with van der Waals surface area (Å²) in [5.41, 5.74) is -0.234. The maximum atomic E-state index is 12.2. The van der Waals surface area contributed by atoms with Crippen LogP contribution in [0.15, 0.2) is 18.3 Å². The Hall–Kier alpha value is -1.80. The van der Waals surface area contributed by atoms with Gasteiger partial charge in [-0.25, -0.2) is 9.78 Å². The summed E-state index contributed by atoms with van der Waals surface area (Å²) >= 11 is 0. The van der Waals surface area contributed by atoms with Crippen molar-refractivity contribution in [1.29, 1.82) is 0 Å². The van der Waals surface area contributed by atoms with Crippen molar-refractivity contribution in [2.24, 2.45) is 0 Å². The van der Waals surface area contributed by atoms with Gasteiger partial charge in [0, 0.05) is 37.8 Å². The van der Waals surface area contributed by atoms with Gasteiger partial charge in [-0.1, -0.05) is 13.0 Å². The molecule has 0 aliphatic carbocycles. The minimum absolute atomic E-state index is 0.252. The Balaban J connectivity index is 1.59. The summed E-state index contributed by atoms with van der Waals surface area (Å²) in [6, 6.07) is 4.02. The Bertz CT molecular complexity index is 726. The third-order valence-electron chi connectivity index (χ3n) is 6.02. The highest BCUT2D eigenvalue weighted by molar-refractivity contribution is 6.62. The lowest BCUT2D eigenvalue weighted by Gasteiger charge is -2.36. The first kappa shape index (κ1) is 21.9. The van der Waals surface area contributed by atoms with Gasteiger partial charge in [0.2, 0.25) is 0 Å². The van der Waals surface area contributed by atoms with Crippen LogP contribution in [0.3, 0.4) is 0 Å². The molecule has 0 radical (unpaired) electrons. The van der Waals surface area contributed by atoms with Crippen LogP contribution in [0.1, 0.15) is 54.9 Å². The van der Waals surface area contributed by atoms with Crippen LogP contribution in [0, 0.1) is 0 Å². The lowest BCUT2D eigenvalue weighted by atomic mass is 9.80. The average Bonchev–Trinajstić information content (AvgIpc) is 2.90. The molecule has 1 atom stereocenters. The molecule has 0 aromatic carbocycles. The zero-order valence-electron chi connectivity index (χ0n) is 18.8. The lowest BCUT2D eigenvalue weighted by Crippen LogP contribution is -2.50. The van der Waals surface area contributed by atoms with Crippen molar-refractivity contribution in [1.82, 2.24) is 9.88 Å². The summed E-state index contributed by atoms with van der Waals surface area (Å²) < 4.78 is 17.9. The lowest BCUT2D eigenvalue weighted by molar-refractivity contribution is -0.0118. The molecule has 3 rings (SSSR count). The highest BCUT2D eigenvalue weighted by Gasteiger charge is 2.53. The number of ether oxygens (including phenoxy) is 1. The molecule has 2 aliphatic heterocycles. The van der Waals surface area contributed by atoms with Gasteiger partial charge >= 0.3 is 13.2 Å². The number of rotatable bonds is 3. The van der Waals surface area contributed by atoms with Gasteiger partial charge in [0.15, 0.2) is 0 Å². The van der Waals surface area contributed by atoms with Crippen LogP contribution in [-0.2, 0) is 14.0 Å². The van der Waals surface area contributed by atoms with Crippen molar-refractivity contribution < 1.29 is 18.8 Å². The first-order valence-electron chi connectivity index (χ1n) is 10.5. The molecule has 2 fully saturated rings. The molecule has 160 valence electrons. The van der Waals surface area contributed by atoms with Gasteiger partial charge in [0.25, 0.3) is 0 Å². The summed E-state index contributed by atoms with van der Waals surface area (Å²) in [6.07, 6.45) is 2.46. The number of hydrogen-bond donors (Lipinski definition) is 0. The number of amides is 1. The van der Waals surface area contributed by atoms with E-state index >= 15 is 0 Å². The molecule has 8 heteroatoms. The fourth-order valence-electron chi connectivity index (χ4n) is 3.61. The third kappa shape index (κ3) is 4.69. The SMILES string of the molecule is CCC1(C)OB(c2ccc(N3CCN(C(=O)OC(C)(C)C)CC3)nc2)OC1(C)C. The zero-order chi connectivity index (χ0) is 21.4. The number of aromatic nitrogens is 1. The van der Waals surface area contributed by atoms with Crippen LogP contribution in [0.2, 0.25) is 0 Å². The van der Waals surface area contributed by atoms with Gasteiger partial charge in [0.1, 0.15) is 11.4 Å². The van der Waals surface area contributed by atoms with E-state index in [2.05, 4.69) is 37.6 Å². The fraction of sp³-hybridized carbons (Fsp3) is 0.714. The van der Waals surface area contributed by atoms with E-state index in [1.54, 1.807) is 4.90 Å². The van der Waals surface area contributed by atoms with Crippen molar-refractivity contribution >= 4 is 24.5 Å². The molecule has 7 nitrogen and oxygen atoms in total. The van der Waals surface area contributed by atoms with E-state index in [-0.39, 0.29) is 17.3 Å². The number of piperazine rings is 1. The van der Waals surface area contributed by atoms with E-state index in [4.69, 9.17) is 14.0 Å². The van der Waals surface area contributed by atoms with Crippen LogP contribution in [0.4, 0.5) is 10.6 Å². The molecule has 0 saturated carbocycles. The molecule has 3 heterocycles. The molecule has 0 bridgehead atoms. The molecule has 29 heavy (non-hydrogen) atoms. The molecule has 1 aromatic heterocycles. The molecule has 0 spiro atoms. The van der Waals surface area contributed by atoms with E-state index in [0.29, 0.717) is 13.1 Å². The van der Waals surface area contributed by atoms with Crippen molar-refractivity contribution in [3.8, 4) is 0 Å². The van der Waals surface area contributed by atoms with E-state index in [1.165, 1.54) is 0 Å². The van der Waals surface area contributed by atoms with Crippen molar-refractivity contribution in [3.05, 3.63) is 18.3 Å². The van der Waals surface area contributed by atoms with Crippen LogP contribution in [0.5, 0.6) is 0 Å². The van der Waals surface area contributed by atoms with Gasteiger partial charge in [-0.15, -0.1) is 0 Å². The van der Waals surface area contributed by atoms with Gasteiger partial charge in [0.05, 0.1) is 11.2 Å². The largest absolute Gasteiger partial charge is 0.496 e. The number of pyridine rings is 1. The van der Waals surface area contributed by atoms with Crippen molar-refractivity contribution in [2.45, 2.75) is 71.7 Å². The predicted octanol–water partition coefficient (Wildman–Crippen LogP) is 2.83. The predicted molar refractivity (Wildman–Crippen MR) is 115 cm³/mol. The number of hydrogen-bond acceptors (Lipinski definition) is 6. The average molecular weight is 403 g/mol. The summed E-state index contributed by atoms with van der Waals surface area (Å²) in [6.45, 7) is 16.7. The standard InChI is InChI=1S/C21H34BN3O4/c1-8-21(7)20(5,6)28-22(29-21)16-9-10-17(23-15-16)24-11-13-25(14-12-24)18(26)27-19(2,3)4/h9-10,15H,8,11-14H2,1-7H3. The monoisotopic (exact) mass is 403 g/mol. The highest BCUT2D eigenvalue weighted by atomic mass is 16.7. The zero-order valence-corrected chi connectivity index (χ0v) is 18.8. The third-order valence-corrected chi connectivity index (χ3v) is 6.02. The second-order valence-electron chi connectivity index (χ2n) is 9.57. The molecular weight excluding hydrogens is 369 g/mol. The maximum Gasteiger partial charge on any atom is 0.496 e. The topological polar surface area (TPSA) is 64.1 Å². The molecule has 0 N–H and O–H groups in total. The van der Waals surface area contributed by atoms with Crippen molar-refractivity contribution in [2.75, 3.05) is 31.1 Å². The molecule has 2 saturated heterocycles. The number of anilines is 1. The fourth-order valence-corrected chi connectivity index (χ4v) is 3.61. The van der Waals surface area contributed by atoms with Crippen LogP contribution in [-0.4, -0.2) is 66.1 Å². The minimum atomic E-state index is -0.474. The Morgan fingerprint density at radius 3 is 2.31 bits per heavy atom. The Kier molecular flexibility index (Phi) is 5.89. The Labute approximate surface area is 174 Å². The Morgan fingerprint density at radius 2 is 1.83 bits per heavy atom. The molecule has 1 unspecified atom stereocenters. The molecule has 2 aliphatic rings. The number of nitrogens with zero attached hydrogens (tertiary/aromatic N) is 3. The molecule has 1 aromatic rings. The first-order chi connectivity index (χ1) is 13.4. The van der Waals surface area contributed by atoms with Crippen LogP contribution in [0.25, 0.3) is 0 Å². The van der Waals surface area contributed by atoms with Gasteiger partial charge in [-0.05, 0) is 54.0 Å². The first-order valence-corrected chi connectivity index (χ1v) is 10.5. The summed E-state index contributed by atoms with van der Waals surface area (Å²) in [4.78, 5) is 20.8. The summed E-state index contributed by atoms with van der Waals surface area (Å²) in [5.74, 6) is 0.896. The van der Waals surface area contributed by atoms with Gasteiger partial charge in [-0.2, -0.15) is 0 Å². The molecule has 1 amide bonds. The van der Waals surface area contributed by atoms with Crippen LogP contribution < -0.4 is 10.4 Å². The van der Waals surface area contributed by atoms with Crippen molar-refractivity contribution in [3.63, 3.8) is 0 Å². The minimum Gasteiger partial charge on any atom is -0.444 e. The van der Waals surface area contributed by atoms with Gasteiger partial charge < -0.3 is 23.8 Å².